The molecule has 3 N–H and O–H groups in total. The molecule has 0 aliphatic heterocycles. The van der Waals surface area contributed by atoms with Gasteiger partial charge in [0.2, 0.25) is 0 Å². The summed E-state index contributed by atoms with van der Waals surface area (Å²) in [6.45, 7) is 4.61. The zero-order valence-electron chi connectivity index (χ0n) is 31.3. The van der Waals surface area contributed by atoms with Crippen LogP contribution in [0.4, 0.5) is 0 Å². The van der Waals surface area contributed by atoms with Crippen molar-refractivity contribution in [3.63, 3.8) is 0 Å². The van der Waals surface area contributed by atoms with Crippen LogP contribution >= 0.6 is 7.82 Å². The number of nitrogens with two attached hydrogens (primary N) is 1. The van der Waals surface area contributed by atoms with Gasteiger partial charge >= 0.3 is 13.8 Å². The molecule has 0 bridgehead atoms. The maximum absolute atomic E-state index is 12.3. The summed E-state index contributed by atoms with van der Waals surface area (Å²) >= 11 is 0. The molecule has 0 radical (unpaired) electrons. The standard InChI is InChI=1S/C41H70NO7P/c1-3-5-7-9-10-11-12-13-14-15-16-17-18-19-20-21-22-23-24-25-26-27-28-29-31-33-36-46-38-40(39-48-50(44,45)47-37-35-42)49-41(43)34-32-30-8-6-4-2/h5,7,10-11,13-14,16-17,19-20,22-23,25-26,40H,3-4,6,8-9,12,15,18,21,24,27-39,42H2,1-2H3,(H,44,45)/b7-5-,11-10-,14-13-,17-16-,20-19-,23-22-,26-25-. The fraction of sp³-hybridized carbons (Fsp3) is 0.634. The van der Waals surface area contributed by atoms with Crippen molar-refractivity contribution in [1.29, 1.82) is 0 Å². The molecule has 0 aromatic heterocycles. The van der Waals surface area contributed by atoms with Crippen LogP contribution in [0.25, 0.3) is 0 Å². The molecule has 8 nitrogen and oxygen atoms in total. The van der Waals surface area contributed by atoms with E-state index in [1.807, 2.05) is 0 Å². The zero-order valence-corrected chi connectivity index (χ0v) is 32.2. The molecule has 0 saturated heterocycles. The third kappa shape index (κ3) is 36.9. The van der Waals surface area contributed by atoms with Gasteiger partial charge < -0.3 is 20.1 Å². The predicted octanol–water partition coefficient (Wildman–Crippen LogP) is 11.0. The number of carbonyl (C=O) groups is 1. The first-order valence-electron chi connectivity index (χ1n) is 19.1. The summed E-state index contributed by atoms with van der Waals surface area (Å²) < 4.78 is 33.0. The minimum absolute atomic E-state index is 0.0913. The first kappa shape index (κ1) is 47.7. The lowest BCUT2D eigenvalue weighted by Gasteiger charge is -2.20. The Bertz CT molecular complexity index is 1030. The third-order valence-electron chi connectivity index (χ3n) is 7.33. The second-order valence-corrected chi connectivity index (χ2v) is 13.5. The minimum Gasteiger partial charge on any atom is -0.457 e. The molecule has 50 heavy (non-hydrogen) atoms. The van der Waals surface area contributed by atoms with Crippen LogP contribution in [-0.4, -0.2) is 49.9 Å². The van der Waals surface area contributed by atoms with Crippen LogP contribution in [0.3, 0.4) is 0 Å². The Hall–Kier alpha value is -2.32. The summed E-state index contributed by atoms with van der Waals surface area (Å²) in [5, 5.41) is 0. The maximum atomic E-state index is 12.3. The van der Waals surface area contributed by atoms with Crippen molar-refractivity contribution in [3.8, 4) is 0 Å². The Kier molecular flexibility index (Phi) is 36.2. The summed E-state index contributed by atoms with van der Waals surface area (Å²) in [6.07, 6.45) is 47.9. The number of phosphoric ester groups is 1. The van der Waals surface area contributed by atoms with Crippen LogP contribution in [0.5, 0.6) is 0 Å². The highest BCUT2D eigenvalue weighted by Gasteiger charge is 2.25. The summed E-state index contributed by atoms with van der Waals surface area (Å²) in [5.41, 5.74) is 5.32. The van der Waals surface area contributed by atoms with Crippen molar-refractivity contribution in [1.82, 2.24) is 0 Å². The molecule has 0 saturated carbocycles. The third-order valence-corrected chi connectivity index (χ3v) is 8.31. The topological polar surface area (TPSA) is 117 Å². The Morgan fingerprint density at radius 1 is 0.620 bits per heavy atom. The van der Waals surface area contributed by atoms with Crippen LogP contribution in [0.15, 0.2) is 85.1 Å². The van der Waals surface area contributed by atoms with E-state index >= 15 is 0 Å². The van der Waals surface area contributed by atoms with E-state index in [1.165, 1.54) is 0 Å². The van der Waals surface area contributed by atoms with E-state index in [1.54, 1.807) is 0 Å². The quantitative estimate of drug-likeness (QED) is 0.0288. The average molecular weight is 720 g/mol. The van der Waals surface area contributed by atoms with Gasteiger partial charge in [-0.3, -0.25) is 13.8 Å². The number of esters is 1. The normalized spacial score (nSPS) is 14.6. The molecule has 9 heteroatoms. The number of phosphoric acid groups is 1. The van der Waals surface area contributed by atoms with Gasteiger partial charge in [0.25, 0.3) is 0 Å². The lowest BCUT2D eigenvalue weighted by molar-refractivity contribution is -0.154. The first-order valence-corrected chi connectivity index (χ1v) is 20.6. The number of carbonyl (C=O) groups excluding carboxylic acids is 1. The van der Waals surface area contributed by atoms with Gasteiger partial charge in [-0.15, -0.1) is 0 Å². The summed E-state index contributed by atoms with van der Waals surface area (Å²) in [7, 11) is -4.27. The number of allylic oxidation sites excluding steroid dienone is 14. The average Bonchev–Trinajstić information content (AvgIpc) is 3.10. The van der Waals surface area contributed by atoms with Crippen LogP contribution in [0.1, 0.15) is 129 Å². The van der Waals surface area contributed by atoms with Crippen molar-refractivity contribution < 1.29 is 32.8 Å². The highest BCUT2D eigenvalue weighted by atomic mass is 31.2. The van der Waals surface area contributed by atoms with E-state index < -0.39 is 13.9 Å². The molecule has 0 aliphatic carbocycles. The Morgan fingerprint density at radius 2 is 1.12 bits per heavy atom. The molecule has 0 amide bonds. The van der Waals surface area contributed by atoms with Crippen LogP contribution in [0.2, 0.25) is 0 Å². The fourth-order valence-corrected chi connectivity index (χ4v) is 5.33. The highest BCUT2D eigenvalue weighted by molar-refractivity contribution is 7.47. The number of ether oxygens (including phenoxy) is 2. The lowest BCUT2D eigenvalue weighted by atomic mass is 10.1. The molecule has 286 valence electrons. The molecular weight excluding hydrogens is 649 g/mol. The molecule has 0 aromatic carbocycles. The van der Waals surface area contributed by atoms with E-state index in [0.717, 1.165) is 109 Å². The van der Waals surface area contributed by atoms with Gasteiger partial charge in [0.1, 0.15) is 6.10 Å². The lowest BCUT2D eigenvalue weighted by Crippen LogP contribution is -2.28. The summed E-state index contributed by atoms with van der Waals surface area (Å²) in [5.74, 6) is -0.358. The molecule has 0 spiro atoms. The largest absolute Gasteiger partial charge is 0.472 e. The molecule has 0 aromatic rings. The number of rotatable bonds is 35. The van der Waals surface area contributed by atoms with Crippen LogP contribution in [-0.2, 0) is 27.9 Å². The predicted molar refractivity (Wildman–Crippen MR) is 210 cm³/mol. The van der Waals surface area contributed by atoms with Crippen molar-refractivity contribution >= 4 is 13.8 Å². The number of unbranched alkanes of at least 4 members (excludes halogenated alkanes) is 8. The molecular formula is C41H70NO7P. The van der Waals surface area contributed by atoms with Crippen LogP contribution in [0, 0.1) is 0 Å². The number of hydrogen-bond donors (Lipinski definition) is 2. The highest BCUT2D eigenvalue weighted by Crippen LogP contribution is 2.43. The molecule has 0 aliphatic rings. The van der Waals surface area contributed by atoms with Gasteiger partial charge in [-0.2, -0.15) is 0 Å². The van der Waals surface area contributed by atoms with Gasteiger partial charge in [0.15, 0.2) is 0 Å². The van der Waals surface area contributed by atoms with Gasteiger partial charge in [0.05, 0.1) is 19.8 Å². The summed E-state index contributed by atoms with van der Waals surface area (Å²) in [6, 6.07) is 0. The first-order chi connectivity index (χ1) is 24.4. The zero-order chi connectivity index (χ0) is 36.6. The van der Waals surface area contributed by atoms with E-state index in [0.29, 0.717) is 13.0 Å². The summed E-state index contributed by atoms with van der Waals surface area (Å²) in [4.78, 5) is 22.1. The van der Waals surface area contributed by atoms with Crippen molar-refractivity contribution in [3.05, 3.63) is 85.1 Å². The Balaban J connectivity index is 3.98. The van der Waals surface area contributed by atoms with Gasteiger partial charge in [-0.05, 0) is 70.6 Å². The van der Waals surface area contributed by atoms with Gasteiger partial charge in [0, 0.05) is 19.6 Å². The molecule has 0 heterocycles. The Labute approximate surface area is 305 Å². The smallest absolute Gasteiger partial charge is 0.457 e. The van der Waals surface area contributed by atoms with E-state index in [9.17, 15) is 14.3 Å². The van der Waals surface area contributed by atoms with E-state index in [4.69, 9.17) is 24.3 Å². The Morgan fingerprint density at radius 3 is 1.66 bits per heavy atom. The molecule has 0 fully saturated rings. The molecule has 2 atom stereocenters. The van der Waals surface area contributed by atoms with Gasteiger partial charge in [-0.1, -0.05) is 137 Å². The van der Waals surface area contributed by atoms with Crippen molar-refractivity contribution in [2.45, 2.75) is 136 Å². The minimum atomic E-state index is -4.27. The second kappa shape index (κ2) is 37.9. The molecule has 2 unspecified atom stereocenters. The van der Waals surface area contributed by atoms with Gasteiger partial charge in [-0.25, -0.2) is 4.57 Å². The van der Waals surface area contributed by atoms with Crippen molar-refractivity contribution in [2.24, 2.45) is 5.73 Å². The fourth-order valence-electron chi connectivity index (χ4n) is 4.56. The van der Waals surface area contributed by atoms with E-state index in [2.05, 4.69) is 98.9 Å². The molecule has 0 rings (SSSR count). The van der Waals surface area contributed by atoms with Crippen molar-refractivity contribution in [2.75, 3.05) is 33.0 Å². The SMILES string of the molecule is CC/C=C\C/C=C\C/C=C\C/C=C\C/C=C\C/C=C\C/C=C\CCCCCCOCC(COP(=O)(O)OCCN)OC(=O)CCCCCCC. The van der Waals surface area contributed by atoms with Crippen LogP contribution < -0.4 is 5.73 Å². The number of hydrogen-bond acceptors (Lipinski definition) is 7. The second-order valence-electron chi connectivity index (χ2n) is 12.1. The monoisotopic (exact) mass is 719 g/mol. The van der Waals surface area contributed by atoms with E-state index in [-0.39, 0.29) is 32.3 Å². The maximum Gasteiger partial charge on any atom is 0.472 e.